The molecule has 0 unspecified atom stereocenters. The number of para-hydroxylation sites is 1. The van der Waals surface area contributed by atoms with Crippen LogP contribution >= 0.6 is 0 Å². The van der Waals surface area contributed by atoms with Crippen molar-refractivity contribution < 1.29 is 27.6 Å². The van der Waals surface area contributed by atoms with Crippen LogP contribution in [0.1, 0.15) is 24.5 Å². The van der Waals surface area contributed by atoms with E-state index in [1.54, 1.807) is 31.2 Å². The molecule has 10 heteroatoms. The van der Waals surface area contributed by atoms with Crippen molar-refractivity contribution in [3.05, 3.63) is 59.7 Å². The summed E-state index contributed by atoms with van der Waals surface area (Å²) in [5, 5.41) is 8.42. The van der Waals surface area contributed by atoms with E-state index in [-0.39, 0.29) is 17.8 Å². The Morgan fingerprint density at radius 2 is 1.67 bits per heavy atom. The van der Waals surface area contributed by atoms with Gasteiger partial charge in [-0.2, -0.15) is 18.3 Å². The second-order valence-electron chi connectivity index (χ2n) is 6.36. The van der Waals surface area contributed by atoms with Crippen LogP contribution in [0, 0.1) is 6.92 Å². The monoisotopic (exact) mass is 420 g/mol. The van der Waals surface area contributed by atoms with Gasteiger partial charge in [0.05, 0.1) is 12.0 Å². The molecular weight excluding hydrogens is 401 g/mol. The Bertz CT molecular complexity index is 987. The molecule has 0 bridgehead atoms. The van der Waals surface area contributed by atoms with E-state index in [2.05, 4.69) is 15.7 Å². The third kappa shape index (κ3) is 6.73. The second-order valence-corrected chi connectivity index (χ2v) is 6.36. The van der Waals surface area contributed by atoms with Gasteiger partial charge in [-0.1, -0.05) is 24.3 Å². The third-order valence-electron chi connectivity index (χ3n) is 3.84. The lowest BCUT2D eigenvalue weighted by Crippen LogP contribution is -2.33. The molecule has 2 aromatic carbocycles. The van der Waals surface area contributed by atoms with Crippen molar-refractivity contribution >= 4 is 34.8 Å². The first-order valence-electron chi connectivity index (χ1n) is 8.73. The highest BCUT2D eigenvalue weighted by molar-refractivity contribution is 6.39. The van der Waals surface area contributed by atoms with Gasteiger partial charge in [-0.3, -0.25) is 14.4 Å². The zero-order valence-electron chi connectivity index (χ0n) is 16.1. The second kappa shape index (κ2) is 9.68. The molecular formula is C20H19F3N4O3. The van der Waals surface area contributed by atoms with Crippen LogP contribution in [0.5, 0.6) is 0 Å². The Morgan fingerprint density at radius 1 is 0.967 bits per heavy atom. The molecule has 0 radical (unpaired) electrons. The first-order valence-corrected chi connectivity index (χ1v) is 8.73. The molecule has 158 valence electrons. The normalized spacial score (nSPS) is 11.6. The van der Waals surface area contributed by atoms with E-state index in [1.165, 1.54) is 19.1 Å². The molecule has 0 atom stereocenters. The van der Waals surface area contributed by atoms with Gasteiger partial charge in [-0.05, 0) is 43.7 Å². The van der Waals surface area contributed by atoms with Crippen LogP contribution in [0.3, 0.4) is 0 Å². The molecule has 0 saturated heterocycles. The smallest absolute Gasteiger partial charge is 0.326 e. The highest BCUT2D eigenvalue weighted by atomic mass is 19.4. The highest BCUT2D eigenvalue weighted by Gasteiger charge is 2.30. The van der Waals surface area contributed by atoms with Gasteiger partial charge >= 0.3 is 18.0 Å². The Balaban J connectivity index is 1.88. The number of halogens is 3. The molecule has 0 heterocycles. The Hall–Kier alpha value is -3.69. The van der Waals surface area contributed by atoms with Gasteiger partial charge in [-0.15, -0.1) is 0 Å². The summed E-state index contributed by atoms with van der Waals surface area (Å²) in [5.74, 6) is -2.60. The number of rotatable bonds is 5. The van der Waals surface area contributed by atoms with Crippen molar-refractivity contribution in [1.29, 1.82) is 0 Å². The van der Waals surface area contributed by atoms with Crippen LogP contribution in [-0.2, 0) is 20.6 Å². The minimum atomic E-state index is -4.53. The average Bonchev–Trinajstić information content (AvgIpc) is 2.67. The molecule has 2 rings (SSSR count). The number of nitrogens with one attached hydrogen (secondary N) is 3. The van der Waals surface area contributed by atoms with Crippen molar-refractivity contribution in [3.63, 3.8) is 0 Å². The fourth-order valence-electron chi connectivity index (χ4n) is 2.34. The van der Waals surface area contributed by atoms with E-state index in [4.69, 9.17) is 0 Å². The van der Waals surface area contributed by atoms with Crippen LogP contribution in [0.4, 0.5) is 24.5 Å². The van der Waals surface area contributed by atoms with Crippen molar-refractivity contribution in [1.82, 2.24) is 5.43 Å². The summed E-state index contributed by atoms with van der Waals surface area (Å²) in [6.45, 7) is 3.18. The van der Waals surface area contributed by atoms with E-state index in [0.29, 0.717) is 5.69 Å². The quantitative estimate of drug-likeness (QED) is 0.392. The van der Waals surface area contributed by atoms with Gasteiger partial charge in [0.1, 0.15) is 0 Å². The number of benzene rings is 2. The standard InChI is InChI=1S/C20H19F3N4O3/c1-12-6-3-4-9-16(12)25-18(29)19(30)27-26-13(2)10-17(28)24-15-8-5-7-14(11-15)20(21,22)23/h3-9,11H,10H2,1-2H3,(H,24,28)(H,25,29)(H,27,30)/b26-13+. The number of aryl methyl sites for hydroxylation is 1. The lowest BCUT2D eigenvalue weighted by molar-refractivity contribution is -0.137. The van der Waals surface area contributed by atoms with E-state index in [1.807, 2.05) is 5.43 Å². The average molecular weight is 420 g/mol. The minimum absolute atomic E-state index is 0.0238. The molecule has 0 aromatic heterocycles. The van der Waals surface area contributed by atoms with Crippen LogP contribution < -0.4 is 16.1 Å². The number of carbonyl (C=O) groups excluding carboxylic acids is 3. The summed E-state index contributed by atoms with van der Waals surface area (Å²) >= 11 is 0. The van der Waals surface area contributed by atoms with Crippen LogP contribution in [0.2, 0.25) is 0 Å². The van der Waals surface area contributed by atoms with Crippen molar-refractivity contribution in [3.8, 4) is 0 Å². The molecule has 0 saturated carbocycles. The van der Waals surface area contributed by atoms with Gasteiger partial charge < -0.3 is 10.6 Å². The Morgan fingerprint density at radius 3 is 2.33 bits per heavy atom. The Kier molecular flexibility index (Phi) is 7.29. The molecule has 0 aliphatic rings. The molecule has 0 fully saturated rings. The predicted molar refractivity (Wildman–Crippen MR) is 106 cm³/mol. The highest BCUT2D eigenvalue weighted by Crippen LogP contribution is 2.30. The summed E-state index contributed by atoms with van der Waals surface area (Å²) in [5.41, 5.74) is 2.50. The first-order chi connectivity index (χ1) is 14.1. The maximum absolute atomic E-state index is 12.7. The molecule has 2 aromatic rings. The fraction of sp³-hybridized carbons (Fsp3) is 0.200. The molecule has 30 heavy (non-hydrogen) atoms. The maximum atomic E-state index is 12.7. The van der Waals surface area contributed by atoms with Crippen molar-refractivity contribution in [2.75, 3.05) is 10.6 Å². The zero-order valence-corrected chi connectivity index (χ0v) is 16.1. The first kappa shape index (κ1) is 22.6. The third-order valence-corrected chi connectivity index (χ3v) is 3.84. The van der Waals surface area contributed by atoms with Crippen molar-refractivity contribution in [2.45, 2.75) is 26.4 Å². The summed E-state index contributed by atoms with van der Waals surface area (Å²) < 4.78 is 38.1. The van der Waals surface area contributed by atoms with E-state index in [9.17, 15) is 27.6 Å². The largest absolute Gasteiger partial charge is 0.416 e. The summed E-state index contributed by atoms with van der Waals surface area (Å²) in [7, 11) is 0. The molecule has 0 spiro atoms. The topological polar surface area (TPSA) is 99.7 Å². The summed E-state index contributed by atoms with van der Waals surface area (Å²) in [4.78, 5) is 35.7. The predicted octanol–water partition coefficient (Wildman–Crippen LogP) is 3.47. The maximum Gasteiger partial charge on any atom is 0.416 e. The number of nitrogens with zero attached hydrogens (tertiary/aromatic N) is 1. The van der Waals surface area contributed by atoms with Crippen LogP contribution in [0.15, 0.2) is 53.6 Å². The van der Waals surface area contributed by atoms with Crippen molar-refractivity contribution in [2.24, 2.45) is 5.10 Å². The minimum Gasteiger partial charge on any atom is -0.326 e. The molecule has 0 aliphatic carbocycles. The molecule has 3 N–H and O–H groups in total. The lowest BCUT2D eigenvalue weighted by Gasteiger charge is -2.10. The zero-order chi connectivity index (χ0) is 22.3. The van der Waals surface area contributed by atoms with Gasteiger partial charge in [0.2, 0.25) is 5.91 Å². The van der Waals surface area contributed by atoms with E-state index < -0.39 is 29.5 Å². The van der Waals surface area contributed by atoms with Gasteiger partial charge in [-0.25, -0.2) is 5.43 Å². The number of hydrogen-bond donors (Lipinski definition) is 3. The number of alkyl halides is 3. The SMILES string of the molecule is C/C(CC(=O)Nc1cccc(C(F)(F)F)c1)=N\NC(=O)C(=O)Nc1ccccc1C. The molecule has 7 nitrogen and oxygen atoms in total. The number of anilines is 2. The summed E-state index contributed by atoms with van der Waals surface area (Å²) in [6.07, 6.45) is -4.82. The lowest BCUT2D eigenvalue weighted by atomic mass is 10.2. The fourth-order valence-corrected chi connectivity index (χ4v) is 2.34. The van der Waals surface area contributed by atoms with Gasteiger partial charge in [0.25, 0.3) is 0 Å². The van der Waals surface area contributed by atoms with E-state index >= 15 is 0 Å². The van der Waals surface area contributed by atoms with Crippen LogP contribution in [0.25, 0.3) is 0 Å². The number of hydrazone groups is 1. The van der Waals surface area contributed by atoms with Gasteiger partial charge in [0.15, 0.2) is 0 Å². The van der Waals surface area contributed by atoms with Gasteiger partial charge in [0, 0.05) is 17.1 Å². The number of carbonyl (C=O) groups is 3. The molecule has 0 aliphatic heterocycles. The number of amides is 3. The van der Waals surface area contributed by atoms with E-state index in [0.717, 1.165) is 17.7 Å². The number of hydrogen-bond acceptors (Lipinski definition) is 4. The summed E-state index contributed by atoms with van der Waals surface area (Å²) in [6, 6.07) is 11.1. The van der Waals surface area contributed by atoms with Crippen LogP contribution in [-0.4, -0.2) is 23.4 Å². The molecule has 3 amide bonds. The Labute approximate surface area is 170 Å².